The summed E-state index contributed by atoms with van der Waals surface area (Å²) in [6, 6.07) is 8.45. The van der Waals surface area contributed by atoms with Crippen molar-refractivity contribution in [1.29, 1.82) is 0 Å². The van der Waals surface area contributed by atoms with Gasteiger partial charge in [-0.05, 0) is 80.2 Å². The number of aryl methyl sites for hydroxylation is 1. The molecule has 184 valence electrons. The number of benzene rings is 1. The van der Waals surface area contributed by atoms with Crippen LogP contribution in [0.1, 0.15) is 71.3 Å². The van der Waals surface area contributed by atoms with E-state index in [0.717, 1.165) is 50.5 Å². The first-order valence-electron chi connectivity index (χ1n) is 13.4. The summed E-state index contributed by atoms with van der Waals surface area (Å²) in [6.45, 7) is 8.35. The zero-order chi connectivity index (χ0) is 24.5. The number of para-hydroxylation sites is 1. The molecule has 1 aromatic heterocycles. The van der Waals surface area contributed by atoms with Crippen molar-refractivity contribution in [2.24, 2.45) is 28.6 Å². The number of Topliss-reactive ketones (excluding diaryl/α,β-unsaturated/α-hetero) is 1. The number of fused-ring (bicyclic) bond motifs is 6. The Labute approximate surface area is 208 Å². The van der Waals surface area contributed by atoms with Crippen LogP contribution in [-0.4, -0.2) is 22.4 Å². The molecule has 2 aromatic rings. The third-order valence-corrected chi connectivity index (χ3v) is 10.3. The van der Waals surface area contributed by atoms with Crippen LogP contribution in [-0.2, 0) is 14.3 Å². The van der Waals surface area contributed by atoms with Gasteiger partial charge in [0, 0.05) is 42.1 Å². The fourth-order valence-corrected chi connectivity index (χ4v) is 8.40. The van der Waals surface area contributed by atoms with Gasteiger partial charge in [-0.1, -0.05) is 43.7 Å². The highest BCUT2D eigenvalue weighted by molar-refractivity contribution is 6.05. The van der Waals surface area contributed by atoms with Crippen LogP contribution in [0.3, 0.4) is 0 Å². The van der Waals surface area contributed by atoms with E-state index in [1.807, 2.05) is 0 Å². The predicted molar refractivity (Wildman–Crippen MR) is 139 cm³/mol. The Kier molecular flexibility index (Phi) is 5.18. The summed E-state index contributed by atoms with van der Waals surface area (Å²) < 4.78 is 7.76. The molecule has 35 heavy (non-hydrogen) atoms. The summed E-state index contributed by atoms with van der Waals surface area (Å²) in [4.78, 5) is 25.4. The average Bonchev–Trinajstić information content (AvgIpc) is 3.28. The minimum absolute atomic E-state index is 0.0275. The van der Waals surface area contributed by atoms with Crippen LogP contribution in [0.5, 0.6) is 0 Å². The zero-order valence-corrected chi connectivity index (χ0v) is 21.5. The molecule has 0 radical (unpaired) electrons. The van der Waals surface area contributed by atoms with Crippen LogP contribution in [0.15, 0.2) is 47.7 Å². The molecule has 0 spiro atoms. The third-order valence-electron chi connectivity index (χ3n) is 10.3. The van der Waals surface area contributed by atoms with Gasteiger partial charge in [0.15, 0.2) is 5.78 Å². The molecule has 6 atom stereocenters. The van der Waals surface area contributed by atoms with Gasteiger partial charge < -0.3 is 9.30 Å². The number of hydrogen-bond donors (Lipinski definition) is 0. The van der Waals surface area contributed by atoms with E-state index in [0.29, 0.717) is 23.5 Å². The van der Waals surface area contributed by atoms with Crippen LogP contribution < -0.4 is 0 Å². The van der Waals surface area contributed by atoms with Crippen LogP contribution >= 0.6 is 0 Å². The van der Waals surface area contributed by atoms with Gasteiger partial charge in [-0.2, -0.15) is 0 Å². The van der Waals surface area contributed by atoms with Crippen molar-refractivity contribution in [3.05, 3.63) is 53.2 Å². The van der Waals surface area contributed by atoms with Crippen LogP contribution in [0, 0.1) is 35.5 Å². The minimum atomic E-state index is -0.248. The number of carbonyl (C=O) groups is 2. The average molecular weight is 472 g/mol. The van der Waals surface area contributed by atoms with Crippen molar-refractivity contribution >= 4 is 28.9 Å². The van der Waals surface area contributed by atoms with E-state index < -0.39 is 0 Å². The first-order chi connectivity index (χ1) is 16.7. The topological polar surface area (TPSA) is 48.3 Å². The summed E-state index contributed by atoms with van der Waals surface area (Å²) in [5, 5.41) is 1.25. The summed E-state index contributed by atoms with van der Waals surface area (Å²) in [5.41, 5.74) is 4.83. The van der Waals surface area contributed by atoms with E-state index in [-0.39, 0.29) is 22.9 Å². The van der Waals surface area contributed by atoms with Crippen molar-refractivity contribution in [3.63, 3.8) is 0 Å². The second-order valence-electron chi connectivity index (χ2n) is 12.1. The number of hydrogen-bond acceptors (Lipinski definition) is 3. The molecule has 0 saturated heterocycles. The van der Waals surface area contributed by atoms with Gasteiger partial charge in [-0.3, -0.25) is 9.59 Å². The van der Waals surface area contributed by atoms with Crippen LogP contribution in [0.2, 0.25) is 0 Å². The summed E-state index contributed by atoms with van der Waals surface area (Å²) in [6.07, 6.45) is 13.7. The molecule has 0 aliphatic heterocycles. The van der Waals surface area contributed by atoms with E-state index in [1.54, 1.807) is 0 Å². The number of aromatic nitrogens is 1. The normalized spacial score (nSPS) is 37.5. The molecule has 6 rings (SSSR count). The highest BCUT2D eigenvalue weighted by Gasteiger charge is 2.60. The van der Waals surface area contributed by atoms with E-state index >= 15 is 0 Å². The van der Waals surface area contributed by atoms with Crippen LogP contribution in [0.4, 0.5) is 0 Å². The Morgan fingerprint density at radius 1 is 1.09 bits per heavy atom. The summed E-state index contributed by atoms with van der Waals surface area (Å²) >= 11 is 0. The molecule has 0 N–H and O–H groups in total. The molecule has 0 unspecified atom stereocenters. The maximum Gasteiger partial charge on any atom is 0.302 e. The Morgan fingerprint density at radius 3 is 2.66 bits per heavy atom. The lowest BCUT2D eigenvalue weighted by molar-refractivity contribution is -0.148. The summed E-state index contributed by atoms with van der Waals surface area (Å²) in [5.74, 6) is 1.76. The lowest BCUT2D eigenvalue weighted by Gasteiger charge is -2.56. The SMILES string of the molecule is CC(=O)O[C@H]1CC[C@@]2(C)C(=CC[C@@H]3[C@@H]2CC[C@]2(C)C(=O)/C(=C/n4cc(C)c5ccccc54)C[C@@H]32)C1. The van der Waals surface area contributed by atoms with Crippen molar-refractivity contribution in [1.82, 2.24) is 4.57 Å². The van der Waals surface area contributed by atoms with Crippen LogP contribution in [0.25, 0.3) is 17.1 Å². The largest absolute Gasteiger partial charge is 0.462 e. The van der Waals surface area contributed by atoms with Crippen molar-refractivity contribution in [3.8, 4) is 0 Å². The van der Waals surface area contributed by atoms with Gasteiger partial charge >= 0.3 is 5.97 Å². The Bertz CT molecular complexity index is 1280. The molecule has 0 bridgehead atoms. The number of nitrogens with zero attached hydrogens (tertiary/aromatic N) is 1. The molecule has 3 saturated carbocycles. The molecule has 4 heteroatoms. The maximum atomic E-state index is 13.8. The Morgan fingerprint density at radius 2 is 1.86 bits per heavy atom. The van der Waals surface area contributed by atoms with Gasteiger partial charge in [0.05, 0.1) is 5.52 Å². The minimum Gasteiger partial charge on any atom is -0.462 e. The monoisotopic (exact) mass is 471 g/mol. The van der Waals surface area contributed by atoms with E-state index in [9.17, 15) is 9.59 Å². The fourth-order valence-electron chi connectivity index (χ4n) is 8.40. The smallest absolute Gasteiger partial charge is 0.302 e. The zero-order valence-electron chi connectivity index (χ0n) is 21.5. The standard InChI is InChI=1S/C31H37NO3/c1-19-17-32(28-8-6-5-7-24(19)28)18-21-15-27-25-10-9-22-16-23(35-20(2)33)11-13-30(22,3)26(25)12-14-31(27,4)29(21)34/h5-9,17-18,23,25-27H,10-16H2,1-4H3/b21-18+/t23-,25+,26-,27-,30-,31-/m0/s1. The number of ether oxygens (including phenoxy) is 1. The first-order valence-corrected chi connectivity index (χ1v) is 13.4. The fraction of sp³-hybridized carbons (Fsp3) is 0.548. The van der Waals surface area contributed by atoms with Gasteiger partial charge in [-0.15, -0.1) is 0 Å². The highest BCUT2D eigenvalue weighted by atomic mass is 16.5. The van der Waals surface area contributed by atoms with E-state index in [1.165, 1.54) is 29.0 Å². The number of ketones is 1. The third kappa shape index (κ3) is 3.39. The number of allylic oxidation sites excluding steroid dienone is 2. The highest BCUT2D eigenvalue weighted by Crippen LogP contribution is 2.64. The van der Waals surface area contributed by atoms with Crippen molar-refractivity contribution in [2.45, 2.75) is 78.7 Å². The van der Waals surface area contributed by atoms with Gasteiger partial charge in [0.25, 0.3) is 0 Å². The number of rotatable bonds is 2. The quantitative estimate of drug-likeness (QED) is 0.273. The predicted octanol–water partition coefficient (Wildman–Crippen LogP) is 6.86. The molecule has 4 aliphatic rings. The molecule has 0 amide bonds. The second kappa shape index (κ2) is 7.94. The Hall–Kier alpha value is -2.62. The molecule has 4 nitrogen and oxygen atoms in total. The molecule has 1 heterocycles. The molecule has 1 aromatic carbocycles. The maximum absolute atomic E-state index is 13.8. The summed E-state index contributed by atoms with van der Waals surface area (Å²) in [7, 11) is 0. The van der Waals surface area contributed by atoms with Gasteiger partial charge in [0.1, 0.15) is 6.10 Å². The van der Waals surface area contributed by atoms with E-state index in [4.69, 9.17) is 4.74 Å². The van der Waals surface area contributed by atoms with Crippen molar-refractivity contribution < 1.29 is 14.3 Å². The Balaban J connectivity index is 1.31. The molecular weight excluding hydrogens is 434 g/mol. The van der Waals surface area contributed by atoms with Gasteiger partial charge in [-0.25, -0.2) is 0 Å². The van der Waals surface area contributed by atoms with Gasteiger partial charge in [0.2, 0.25) is 0 Å². The molecule has 4 aliphatic carbocycles. The van der Waals surface area contributed by atoms with E-state index in [2.05, 4.69) is 68.1 Å². The molecule has 3 fully saturated rings. The molecular formula is C31H37NO3. The second-order valence-corrected chi connectivity index (χ2v) is 12.1. The van der Waals surface area contributed by atoms with Crippen molar-refractivity contribution in [2.75, 3.05) is 0 Å². The lowest BCUT2D eigenvalue weighted by atomic mass is 9.48. The lowest BCUT2D eigenvalue weighted by Crippen LogP contribution is -2.50. The first kappa shape index (κ1) is 22.8. The number of esters is 1. The number of carbonyl (C=O) groups excluding carboxylic acids is 2.